The van der Waals surface area contributed by atoms with E-state index in [1.54, 1.807) is 30.3 Å². The SMILES string of the molecule is Cc1ccc(C(=O)NC(=S)Nc2ccc(N3CCN(C(=O)c4ccc(Cl)cc4)CC3)cc2)cc1C. The lowest BCUT2D eigenvalue weighted by atomic mass is 10.1. The van der Waals surface area contributed by atoms with E-state index in [0.717, 1.165) is 35.6 Å². The Kier molecular flexibility index (Phi) is 7.68. The minimum absolute atomic E-state index is 0.0252. The molecular weight excluding hydrogens is 480 g/mol. The van der Waals surface area contributed by atoms with Gasteiger partial charge in [0, 0.05) is 53.7 Å². The van der Waals surface area contributed by atoms with E-state index in [-0.39, 0.29) is 16.9 Å². The Morgan fingerprint density at radius 3 is 2.09 bits per heavy atom. The second kappa shape index (κ2) is 10.9. The van der Waals surface area contributed by atoms with Crippen LogP contribution in [0.25, 0.3) is 0 Å². The first kappa shape index (κ1) is 24.7. The van der Waals surface area contributed by atoms with Crippen LogP contribution in [0.4, 0.5) is 11.4 Å². The molecule has 0 aliphatic carbocycles. The lowest BCUT2D eigenvalue weighted by Gasteiger charge is -2.36. The Balaban J connectivity index is 1.28. The molecule has 4 rings (SSSR count). The van der Waals surface area contributed by atoms with Crippen molar-refractivity contribution in [3.05, 3.63) is 94.0 Å². The van der Waals surface area contributed by atoms with Gasteiger partial charge in [0.25, 0.3) is 11.8 Å². The molecule has 180 valence electrons. The van der Waals surface area contributed by atoms with Gasteiger partial charge in [-0.05, 0) is 97.9 Å². The maximum atomic E-state index is 12.7. The van der Waals surface area contributed by atoms with E-state index in [1.165, 1.54) is 0 Å². The van der Waals surface area contributed by atoms with Gasteiger partial charge in [-0.15, -0.1) is 0 Å². The second-order valence-electron chi connectivity index (χ2n) is 8.54. The van der Waals surface area contributed by atoms with Gasteiger partial charge >= 0.3 is 0 Å². The Bertz CT molecular complexity index is 1240. The minimum atomic E-state index is -0.242. The Morgan fingerprint density at radius 1 is 0.829 bits per heavy atom. The van der Waals surface area contributed by atoms with Crippen molar-refractivity contribution in [2.24, 2.45) is 0 Å². The van der Waals surface area contributed by atoms with Crippen molar-refractivity contribution in [1.82, 2.24) is 10.2 Å². The molecule has 8 heteroatoms. The quantitative estimate of drug-likeness (QED) is 0.485. The zero-order valence-corrected chi connectivity index (χ0v) is 21.2. The van der Waals surface area contributed by atoms with Crippen LogP contribution in [0.2, 0.25) is 5.02 Å². The maximum Gasteiger partial charge on any atom is 0.257 e. The van der Waals surface area contributed by atoms with Crippen molar-refractivity contribution in [2.75, 3.05) is 36.4 Å². The minimum Gasteiger partial charge on any atom is -0.368 e. The van der Waals surface area contributed by atoms with Gasteiger partial charge in [-0.2, -0.15) is 0 Å². The second-order valence-corrected chi connectivity index (χ2v) is 9.38. The van der Waals surface area contributed by atoms with Gasteiger partial charge in [0.1, 0.15) is 0 Å². The first-order valence-electron chi connectivity index (χ1n) is 11.4. The fourth-order valence-corrected chi connectivity index (χ4v) is 4.26. The smallest absolute Gasteiger partial charge is 0.257 e. The van der Waals surface area contributed by atoms with Crippen molar-refractivity contribution in [1.29, 1.82) is 0 Å². The van der Waals surface area contributed by atoms with E-state index < -0.39 is 0 Å². The van der Waals surface area contributed by atoms with Crippen molar-refractivity contribution < 1.29 is 9.59 Å². The van der Waals surface area contributed by atoms with Gasteiger partial charge < -0.3 is 15.1 Å². The number of piperazine rings is 1. The molecule has 1 saturated heterocycles. The molecule has 0 bridgehead atoms. The zero-order valence-electron chi connectivity index (χ0n) is 19.7. The van der Waals surface area contributed by atoms with Crippen LogP contribution in [-0.2, 0) is 0 Å². The van der Waals surface area contributed by atoms with Gasteiger partial charge in [0.2, 0.25) is 0 Å². The zero-order chi connectivity index (χ0) is 24.9. The predicted molar refractivity (Wildman–Crippen MR) is 146 cm³/mol. The van der Waals surface area contributed by atoms with Crippen molar-refractivity contribution in [3.8, 4) is 0 Å². The standard InChI is InChI=1S/C27H27ClN4O2S/c1-18-3-4-21(17-19(18)2)25(33)30-27(35)29-23-9-11-24(12-10-23)31-13-15-32(16-14-31)26(34)20-5-7-22(28)8-6-20/h3-12,17H,13-16H2,1-2H3,(H2,29,30,33,35). The summed E-state index contributed by atoms with van der Waals surface area (Å²) in [5.41, 5.74) is 5.27. The molecule has 0 aromatic heterocycles. The van der Waals surface area contributed by atoms with E-state index in [2.05, 4.69) is 15.5 Å². The first-order chi connectivity index (χ1) is 16.8. The molecule has 6 nitrogen and oxygen atoms in total. The molecule has 0 radical (unpaired) electrons. The molecule has 35 heavy (non-hydrogen) atoms. The van der Waals surface area contributed by atoms with E-state index in [4.69, 9.17) is 23.8 Å². The molecule has 0 spiro atoms. The van der Waals surface area contributed by atoms with Crippen LogP contribution in [0.15, 0.2) is 66.7 Å². The molecular formula is C27H27ClN4O2S. The molecule has 2 N–H and O–H groups in total. The van der Waals surface area contributed by atoms with E-state index in [1.807, 2.05) is 55.1 Å². The Morgan fingerprint density at radius 2 is 1.46 bits per heavy atom. The number of benzene rings is 3. The van der Waals surface area contributed by atoms with Crippen molar-refractivity contribution in [2.45, 2.75) is 13.8 Å². The largest absolute Gasteiger partial charge is 0.368 e. The number of rotatable bonds is 4. The molecule has 1 heterocycles. The normalized spacial score (nSPS) is 13.3. The van der Waals surface area contributed by atoms with Crippen LogP contribution >= 0.6 is 23.8 Å². The third kappa shape index (κ3) is 6.18. The third-order valence-corrected chi connectivity index (χ3v) is 6.60. The molecule has 1 aliphatic rings. The summed E-state index contributed by atoms with van der Waals surface area (Å²) >= 11 is 11.2. The fourth-order valence-electron chi connectivity index (χ4n) is 3.92. The number of nitrogens with zero attached hydrogens (tertiary/aromatic N) is 2. The Labute approximate surface area is 215 Å². The number of carbonyl (C=O) groups excluding carboxylic acids is 2. The third-order valence-electron chi connectivity index (χ3n) is 6.14. The van der Waals surface area contributed by atoms with Gasteiger partial charge in [0.05, 0.1) is 0 Å². The highest BCUT2D eigenvalue weighted by molar-refractivity contribution is 7.80. The predicted octanol–water partition coefficient (Wildman–Crippen LogP) is 5.05. The molecule has 0 unspecified atom stereocenters. The van der Waals surface area contributed by atoms with Gasteiger partial charge in [-0.25, -0.2) is 0 Å². The molecule has 0 saturated carbocycles. The lowest BCUT2D eigenvalue weighted by Crippen LogP contribution is -2.48. The number of amides is 2. The number of thiocarbonyl (C=S) groups is 1. The molecule has 0 atom stereocenters. The summed E-state index contributed by atoms with van der Waals surface area (Å²) in [7, 11) is 0. The molecule has 2 amide bonds. The number of carbonyl (C=O) groups is 2. The number of aryl methyl sites for hydroxylation is 2. The van der Waals surface area contributed by atoms with E-state index >= 15 is 0 Å². The number of hydrogen-bond acceptors (Lipinski definition) is 4. The topological polar surface area (TPSA) is 64.7 Å². The molecule has 3 aromatic rings. The van der Waals surface area contributed by atoms with Crippen molar-refractivity contribution in [3.63, 3.8) is 0 Å². The number of nitrogens with one attached hydrogen (secondary N) is 2. The van der Waals surface area contributed by atoms with Crippen LogP contribution in [-0.4, -0.2) is 48.0 Å². The summed E-state index contributed by atoms with van der Waals surface area (Å²) in [6, 6.07) is 20.4. The van der Waals surface area contributed by atoms with Crippen LogP contribution in [0, 0.1) is 13.8 Å². The first-order valence-corrected chi connectivity index (χ1v) is 12.2. The molecule has 3 aromatic carbocycles. The van der Waals surface area contributed by atoms with Gasteiger partial charge in [0.15, 0.2) is 5.11 Å². The maximum absolute atomic E-state index is 12.7. The highest BCUT2D eigenvalue weighted by Crippen LogP contribution is 2.21. The summed E-state index contributed by atoms with van der Waals surface area (Å²) in [4.78, 5) is 29.3. The van der Waals surface area contributed by atoms with Gasteiger partial charge in [-0.3, -0.25) is 14.9 Å². The highest BCUT2D eigenvalue weighted by atomic mass is 35.5. The summed E-state index contributed by atoms with van der Waals surface area (Å²) in [5, 5.41) is 6.65. The number of halogens is 1. The monoisotopic (exact) mass is 506 g/mol. The summed E-state index contributed by atoms with van der Waals surface area (Å²) in [6.07, 6.45) is 0. The summed E-state index contributed by atoms with van der Waals surface area (Å²) < 4.78 is 0. The number of hydrogen-bond donors (Lipinski definition) is 2. The number of anilines is 2. The fraction of sp³-hybridized carbons (Fsp3) is 0.222. The van der Waals surface area contributed by atoms with Crippen LogP contribution in [0.3, 0.4) is 0 Å². The van der Waals surface area contributed by atoms with Gasteiger partial charge in [-0.1, -0.05) is 17.7 Å². The van der Waals surface area contributed by atoms with E-state index in [9.17, 15) is 9.59 Å². The molecule has 1 aliphatic heterocycles. The average Bonchev–Trinajstić information content (AvgIpc) is 2.86. The average molecular weight is 507 g/mol. The lowest BCUT2D eigenvalue weighted by molar-refractivity contribution is 0.0746. The van der Waals surface area contributed by atoms with E-state index in [0.29, 0.717) is 29.2 Å². The van der Waals surface area contributed by atoms with Crippen LogP contribution in [0.5, 0.6) is 0 Å². The summed E-state index contributed by atoms with van der Waals surface area (Å²) in [5.74, 6) is -0.217. The van der Waals surface area contributed by atoms with Crippen LogP contribution < -0.4 is 15.5 Å². The Hall–Kier alpha value is -3.42. The summed E-state index contributed by atoms with van der Waals surface area (Å²) in [6.45, 7) is 6.77. The van der Waals surface area contributed by atoms with Crippen molar-refractivity contribution >= 4 is 52.1 Å². The van der Waals surface area contributed by atoms with Crippen LogP contribution in [0.1, 0.15) is 31.8 Å². The molecule has 1 fully saturated rings. The highest BCUT2D eigenvalue weighted by Gasteiger charge is 2.22.